The maximum absolute atomic E-state index is 2.51. The third kappa shape index (κ3) is 6.00. The van der Waals surface area contributed by atoms with Gasteiger partial charge in [0.2, 0.25) is 0 Å². The maximum Gasteiger partial charge on any atom is 0.0460 e. The van der Waals surface area contributed by atoms with Gasteiger partial charge in [0.05, 0.1) is 0 Å². The predicted octanol–water partition coefficient (Wildman–Crippen LogP) is 15.5. The lowest BCUT2D eigenvalue weighted by atomic mass is 9.95. The molecule has 0 spiro atoms. The van der Waals surface area contributed by atoms with Crippen molar-refractivity contribution in [1.29, 1.82) is 0 Å². The van der Waals surface area contributed by atoms with Crippen molar-refractivity contribution in [2.24, 2.45) is 11.8 Å². The molecule has 0 N–H and O–H groups in total. The first-order valence-corrected chi connectivity index (χ1v) is 21.6. The summed E-state index contributed by atoms with van der Waals surface area (Å²) in [5.41, 5.74) is 2.91. The molecule has 1 aromatic carbocycles. The van der Waals surface area contributed by atoms with Crippen LogP contribution in [0.25, 0.3) is 59.9 Å². The van der Waals surface area contributed by atoms with Gasteiger partial charge in [0, 0.05) is 69.6 Å². The average Bonchev–Trinajstić information content (AvgIpc) is 3.85. The van der Waals surface area contributed by atoms with E-state index in [4.69, 9.17) is 0 Å². The molecule has 0 aliphatic rings. The second-order valence-electron chi connectivity index (χ2n) is 12.4. The first kappa shape index (κ1) is 31.1. The molecule has 0 amide bonds. The lowest BCUT2D eigenvalue weighted by Crippen LogP contribution is -2.01. The largest absolute Gasteiger partial charge is 0.143 e. The first-order valence-electron chi connectivity index (χ1n) is 16.6. The Bertz CT molecular complexity index is 1740. The summed E-state index contributed by atoms with van der Waals surface area (Å²) < 4.78 is 8.77. The highest BCUT2D eigenvalue weighted by atomic mass is 32.1. The summed E-state index contributed by atoms with van der Waals surface area (Å²) in [6.45, 7) is 9.36. The smallest absolute Gasteiger partial charge is 0.0460 e. The minimum Gasteiger partial charge on any atom is -0.143 e. The molecule has 0 nitrogen and oxygen atoms in total. The van der Waals surface area contributed by atoms with E-state index >= 15 is 0 Å². The molecule has 0 fully saturated rings. The average molecular weight is 691 g/mol. The number of benzene rings is 1. The molecule has 2 atom stereocenters. The Morgan fingerprint density at radius 2 is 0.977 bits per heavy atom. The molecule has 0 bridgehead atoms. The molecule has 0 saturated heterocycles. The normalized spacial score (nSPS) is 13.7. The van der Waals surface area contributed by atoms with Crippen LogP contribution in [0.3, 0.4) is 0 Å². The molecule has 7 rings (SSSR count). The molecule has 0 aliphatic heterocycles. The SMILES string of the molecule is CCCCC(CC)Cc1cc2sc(-c3c4ccsc4c(-c4cc5sc(CC(CC)CCCC)cc5s4)c4ccsc34)cc2s1. The van der Waals surface area contributed by atoms with Crippen LogP contribution in [0.5, 0.6) is 0 Å². The Labute approximate surface area is 286 Å². The van der Waals surface area contributed by atoms with E-state index in [-0.39, 0.29) is 0 Å². The van der Waals surface area contributed by atoms with Crippen molar-refractivity contribution in [3.63, 3.8) is 0 Å². The van der Waals surface area contributed by atoms with Gasteiger partial charge in [0.15, 0.2) is 0 Å². The van der Waals surface area contributed by atoms with Crippen LogP contribution in [0.2, 0.25) is 0 Å². The summed E-state index contributed by atoms with van der Waals surface area (Å²) in [5.74, 6) is 1.65. The minimum absolute atomic E-state index is 0.823. The number of rotatable bonds is 14. The lowest BCUT2D eigenvalue weighted by molar-refractivity contribution is 0.452. The molecule has 2 unspecified atom stereocenters. The zero-order chi connectivity index (χ0) is 30.2. The second kappa shape index (κ2) is 13.7. The van der Waals surface area contributed by atoms with Gasteiger partial charge in [-0.3, -0.25) is 0 Å². The highest BCUT2D eigenvalue weighted by molar-refractivity contribution is 7.31. The van der Waals surface area contributed by atoms with Crippen molar-refractivity contribution in [3.8, 4) is 20.9 Å². The van der Waals surface area contributed by atoms with Crippen LogP contribution in [0.1, 0.15) is 88.8 Å². The van der Waals surface area contributed by atoms with Gasteiger partial charge in [-0.1, -0.05) is 79.1 Å². The number of thiophene rings is 6. The molecule has 0 radical (unpaired) electrons. The fraction of sp³-hybridized carbons (Fsp3) is 0.421. The van der Waals surface area contributed by atoms with Crippen molar-refractivity contribution in [1.82, 2.24) is 0 Å². The van der Waals surface area contributed by atoms with Crippen LogP contribution in [0, 0.1) is 11.8 Å². The van der Waals surface area contributed by atoms with Gasteiger partial charge >= 0.3 is 0 Å². The van der Waals surface area contributed by atoms with Crippen molar-refractivity contribution >= 4 is 107 Å². The lowest BCUT2D eigenvalue weighted by Gasteiger charge is -2.12. The van der Waals surface area contributed by atoms with Gasteiger partial charge in [-0.15, -0.1) is 68.0 Å². The highest BCUT2D eigenvalue weighted by Crippen LogP contribution is 2.52. The van der Waals surface area contributed by atoms with Crippen LogP contribution in [-0.4, -0.2) is 0 Å². The van der Waals surface area contributed by atoms with E-state index in [1.54, 1.807) is 9.75 Å². The van der Waals surface area contributed by atoms with Crippen LogP contribution in [0.4, 0.5) is 0 Å². The Morgan fingerprint density at radius 3 is 1.36 bits per heavy atom. The number of fused-ring (bicyclic) bond motifs is 4. The quantitative estimate of drug-likeness (QED) is 0.107. The van der Waals surface area contributed by atoms with E-state index in [1.165, 1.54) is 124 Å². The van der Waals surface area contributed by atoms with Crippen molar-refractivity contribution < 1.29 is 0 Å². The summed E-state index contributed by atoms with van der Waals surface area (Å²) >= 11 is 11.9. The van der Waals surface area contributed by atoms with Crippen LogP contribution in [-0.2, 0) is 12.8 Å². The number of unbranched alkanes of at least 4 members (excludes halogenated alkanes) is 2. The third-order valence-electron chi connectivity index (χ3n) is 9.40. The Hall–Kier alpha value is -1.54. The topological polar surface area (TPSA) is 0 Å². The molecule has 230 valence electrons. The monoisotopic (exact) mass is 690 g/mol. The second-order valence-corrected chi connectivity index (χ2v) is 18.8. The summed E-state index contributed by atoms with van der Waals surface area (Å²) in [6, 6.07) is 14.8. The van der Waals surface area contributed by atoms with Gasteiger partial charge in [-0.25, -0.2) is 0 Å². The van der Waals surface area contributed by atoms with Gasteiger partial charge in [-0.2, -0.15) is 0 Å². The Kier molecular flexibility index (Phi) is 9.66. The summed E-state index contributed by atoms with van der Waals surface area (Å²) in [7, 11) is 0. The van der Waals surface area contributed by atoms with Crippen molar-refractivity contribution in [2.45, 2.75) is 91.9 Å². The van der Waals surface area contributed by atoms with Gasteiger partial charge < -0.3 is 0 Å². The van der Waals surface area contributed by atoms with Crippen molar-refractivity contribution in [3.05, 3.63) is 56.9 Å². The molecular weight excluding hydrogens is 649 g/mol. The van der Waals surface area contributed by atoms with E-state index < -0.39 is 0 Å². The standard InChI is InChI=1S/C38H42S6/c1-5-9-11-23(7-3)17-25-19-29-31(41-25)21-33(43-29)35-27-13-15-40-38(27)36(28-14-16-39-37(28)35)34-22-32-30(44-34)20-26(42-32)18-24(8-4)12-10-6-2/h13-16,19-24H,5-12,17-18H2,1-4H3. The molecular formula is C38H42S6. The summed E-state index contributed by atoms with van der Waals surface area (Å²) in [6.07, 6.45) is 13.1. The Balaban J connectivity index is 1.23. The third-order valence-corrected chi connectivity index (χ3v) is 15.9. The summed E-state index contributed by atoms with van der Waals surface area (Å²) in [4.78, 5) is 6.02. The predicted molar refractivity (Wildman–Crippen MR) is 209 cm³/mol. The fourth-order valence-electron chi connectivity index (χ4n) is 6.81. The number of hydrogen-bond acceptors (Lipinski definition) is 6. The van der Waals surface area contributed by atoms with E-state index in [9.17, 15) is 0 Å². The molecule has 7 aromatic rings. The van der Waals surface area contributed by atoms with Crippen LogP contribution < -0.4 is 0 Å². The maximum atomic E-state index is 2.51. The molecule has 44 heavy (non-hydrogen) atoms. The number of hydrogen-bond donors (Lipinski definition) is 0. The fourth-order valence-corrected chi connectivity index (χ4v) is 14.1. The van der Waals surface area contributed by atoms with E-state index in [1.807, 2.05) is 68.0 Å². The van der Waals surface area contributed by atoms with Crippen LogP contribution in [0.15, 0.2) is 47.2 Å². The van der Waals surface area contributed by atoms with Crippen LogP contribution >= 0.6 is 68.0 Å². The zero-order valence-electron chi connectivity index (χ0n) is 26.3. The molecule has 0 saturated carbocycles. The molecule has 0 aliphatic carbocycles. The van der Waals surface area contributed by atoms with E-state index in [0.29, 0.717) is 0 Å². The molecule has 6 aromatic heterocycles. The van der Waals surface area contributed by atoms with Gasteiger partial charge in [0.1, 0.15) is 0 Å². The van der Waals surface area contributed by atoms with E-state index in [0.717, 1.165) is 11.8 Å². The molecule has 6 heterocycles. The van der Waals surface area contributed by atoms with Gasteiger partial charge in [-0.05, 0) is 71.8 Å². The summed E-state index contributed by atoms with van der Waals surface area (Å²) in [5, 5.41) is 7.48. The van der Waals surface area contributed by atoms with E-state index in [2.05, 4.69) is 74.9 Å². The molecule has 6 heteroatoms. The Morgan fingerprint density at radius 1 is 0.545 bits per heavy atom. The zero-order valence-corrected chi connectivity index (χ0v) is 31.2. The van der Waals surface area contributed by atoms with Crippen molar-refractivity contribution in [2.75, 3.05) is 0 Å². The van der Waals surface area contributed by atoms with Gasteiger partial charge in [0.25, 0.3) is 0 Å². The highest BCUT2D eigenvalue weighted by Gasteiger charge is 2.22. The first-order chi connectivity index (χ1) is 21.6. The minimum atomic E-state index is 0.823.